The second kappa shape index (κ2) is 8.69. The van der Waals surface area contributed by atoms with E-state index in [2.05, 4.69) is 20.8 Å². The summed E-state index contributed by atoms with van der Waals surface area (Å²) in [5.41, 5.74) is 0.971. The van der Waals surface area contributed by atoms with E-state index < -0.39 is 21.8 Å². The predicted molar refractivity (Wildman–Crippen MR) is 120 cm³/mol. The highest BCUT2D eigenvalue weighted by atomic mass is 35.5. The summed E-state index contributed by atoms with van der Waals surface area (Å²) in [6.45, 7) is 1.68. The van der Waals surface area contributed by atoms with E-state index in [4.69, 9.17) is 16.1 Å². The number of amides is 3. The Morgan fingerprint density at radius 3 is 2.66 bits per heavy atom. The Bertz CT molecular complexity index is 1450. The van der Waals surface area contributed by atoms with E-state index in [1.165, 1.54) is 24.3 Å². The summed E-state index contributed by atoms with van der Waals surface area (Å²) in [7, 11) is -3.66. The SMILES string of the molecule is Cc1cc(CS(=O)(=O)c2ccc3nc(NC(=O)NC(=O)c4ccccc4Cl)sc3c2)no1. The molecule has 2 N–H and O–H groups in total. The normalized spacial score (nSPS) is 11.4. The molecule has 0 radical (unpaired) electrons. The van der Waals surface area contributed by atoms with E-state index in [1.54, 1.807) is 31.2 Å². The molecule has 12 heteroatoms. The van der Waals surface area contributed by atoms with Crippen LogP contribution in [0.5, 0.6) is 0 Å². The number of thiazole rings is 1. The van der Waals surface area contributed by atoms with Gasteiger partial charge in [-0.1, -0.05) is 40.2 Å². The first-order chi connectivity index (χ1) is 15.2. The Balaban J connectivity index is 1.48. The standard InChI is InChI=1S/C20H15ClN4O5S2/c1-11-8-12(25-30-11)10-32(28,29)13-6-7-16-17(9-13)31-20(22-16)24-19(27)23-18(26)14-4-2-3-5-15(14)21/h2-9H,10H2,1H3,(H2,22,23,24,26,27). The molecule has 0 saturated heterocycles. The van der Waals surface area contributed by atoms with Gasteiger partial charge in [-0.05, 0) is 37.3 Å². The molecular formula is C20H15ClN4O5S2. The van der Waals surface area contributed by atoms with Crippen LogP contribution in [0, 0.1) is 6.92 Å². The number of anilines is 1. The number of carbonyl (C=O) groups is 2. The number of benzene rings is 2. The summed E-state index contributed by atoms with van der Waals surface area (Å²) in [4.78, 5) is 28.7. The lowest BCUT2D eigenvalue weighted by Gasteiger charge is -2.05. The average molecular weight is 491 g/mol. The second-order valence-electron chi connectivity index (χ2n) is 6.72. The Hall–Kier alpha value is -3.28. The van der Waals surface area contributed by atoms with Gasteiger partial charge in [0.1, 0.15) is 11.5 Å². The molecule has 0 unspecified atom stereocenters. The van der Waals surface area contributed by atoms with E-state index in [0.717, 1.165) is 11.3 Å². The van der Waals surface area contributed by atoms with Crippen LogP contribution in [0.15, 0.2) is 57.9 Å². The lowest BCUT2D eigenvalue weighted by molar-refractivity contribution is 0.0967. The zero-order valence-corrected chi connectivity index (χ0v) is 18.8. The molecule has 0 saturated carbocycles. The van der Waals surface area contributed by atoms with Crippen molar-refractivity contribution in [3.05, 3.63) is 70.6 Å². The molecule has 9 nitrogen and oxygen atoms in total. The Kier molecular flexibility index (Phi) is 5.96. The maximum Gasteiger partial charge on any atom is 0.327 e. The van der Waals surface area contributed by atoms with Gasteiger partial charge < -0.3 is 4.52 Å². The Morgan fingerprint density at radius 1 is 1.16 bits per heavy atom. The number of nitrogens with one attached hydrogen (secondary N) is 2. The molecule has 2 aromatic carbocycles. The first-order valence-electron chi connectivity index (χ1n) is 9.14. The second-order valence-corrected chi connectivity index (χ2v) is 10.2. The molecule has 4 aromatic rings. The van der Waals surface area contributed by atoms with Gasteiger partial charge >= 0.3 is 6.03 Å². The summed E-state index contributed by atoms with van der Waals surface area (Å²) in [6.07, 6.45) is 0. The summed E-state index contributed by atoms with van der Waals surface area (Å²) < 4.78 is 30.9. The Morgan fingerprint density at radius 2 is 1.94 bits per heavy atom. The van der Waals surface area contributed by atoms with Gasteiger partial charge in [0.15, 0.2) is 15.0 Å². The van der Waals surface area contributed by atoms with Crippen LogP contribution in [0.2, 0.25) is 5.02 Å². The smallest absolute Gasteiger partial charge is 0.327 e. The number of nitrogens with zero attached hydrogens (tertiary/aromatic N) is 2. The minimum Gasteiger partial charge on any atom is -0.361 e. The lowest BCUT2D eigenvalue weighted by atomic mass is 10.2. The maximum absolute atomic E-state index is 12.7. The number of sulfone groups is 1. The highest BCUT2D eigenvalue weighted by Crippen LogP contribution is 2.29. The quantitative estimate of drug-likeness (QED) is 0.429. The van der Waals surface area contributed by atoms with E-state index in [1.807, 2.05) is 0 Å². The predicted octanol–water partition coefficient (Wildman–Crippen LogP) is 4.18. The lowest BCUT2D eigenvalue weighted by Crippen LogP contribution is -2.34. The van der Waals surface area contributed by atoms with Crippen LogP contribution >= 0.6 is 22.9 Å². The molecule has 4 rings (SSSR count). The molecule has 2 heterocycles. The molecular weight excluding hydrogens is 476 g/mol. The van der Waals surface area contributed by atoms with E-state index in [0.29, 0.717) is 21.7 Å². The number of hydrogen-bond donors (Lipinski definition) is 2. The zero-order chi connectivity index (χ0) is 22.9. The van der Waals surface area contributed by atoms with E-state index in [-0.39, 0.29) is 26.4 Å². The third-order valence-electron chi connectivity index (χ3n) is 4.30. The molecule has 0 aliphatic rings. The van der Waals surface area contributed by atoms with Gasteiger partial charge in [-0.2, -0.15) is 0 Å². The number of imide groups is 1. The van der Waals surface area contributed by atoms with Crippen molar-refractivity contribution in [1.82, 2.24) is 15.5 Å². The van der Waals surface area contributed by atoms with Gasteiger partial charge in [0, 0.05) is 6.07 Å². The number of fused-ring (bicyclic) bond motifs is 1. The first kappa shape index (κ1) is 21.9. The van der Waals surface area contributed by atoms with E-state index in [9.17, 15) is 18.0 Å². The van der Waals surface area contributed by atoms with Crippen molar-refractivity contribution in [3.63, 3.8) is 0 Å². The van der Waals surface area contributed by atoms with Crippen LogP contribution in [-0.4, -0.2) is 30.5 Å². The molecule has 0 atom stereocenters. The number of aryl methyl sites for hydroxylation is 1. The summed E-state index contributed by atoms with van der Waals surface area (Å²) in [5.74, 6) is -0.437. The number of hydrogen-bond acceptors (Lipinski definition) is 8. The molecule has 0 spiro atoms. The number of carbonyl (C=O) groups excluding carboxylic acids is 2. The fraction of sp³-hybridized carbons (Fsp3) is 0.100. The highest BCUT2D eigenvalue weighted by Gasteiger charge is 2.20. The molecule has 3 amide bonds. The van der Waals surface area contributed by atoms with E-state index >= 15 is 0 Å². The van der Waals surface area contributed by atoms with Crippen molar-refractivity contribution >= 4 is 60.1 Å². The fourth-order valence-electron chi connectivity index (χ4n) is 2.86. The van der Waals surface area contributed by atoms with Gasteiger partial charge in [0.2, 0.25) is 0 Å². The van der Waals surface area contributed by atoms with Crippen LogP contribution in [0.1, 0.15) is 21.8 Å². The van der Waals surface area contributed by atoms with Gasteiger partial charge in [-0.25, -0.2) is 18.2 Å². The molecule has 164 valence electrons. The van der Waals surface area contributed by atoms with Crippen molar-refractivity contribution in [2.45, 2.75) is 17.6 Å². The third kappa shape index (κ3) is 4.79. The minimum atomic E-state index is -3.66. The molecule has 32 heavy (non-hydrogen) atoms. The highest BCUT2D eigenvalue weighted by molar-refractivity contribution is 7.90. The fourth-order valence-corrected chi connectivity index (χ4v) is 5.32. The van der Waals surface area contributed by atoms with Gasteiger partial charge in [0.25, 0.3) is 5.91 Å². The zero-order valence-electron chi connectivity index (χ0n) is 16.5. The maximum atomic E-state index is 12.7. The summed E-state index contributed by atoms with van der Waals surface area (Å²) >= 11 is 7.03. The number of halogens is 1. The first-order valence-corrected chi connectivity index (χ1v) is 12.0. The minimum absolute atomic E-state index is 0.0965. The largest absolute Gasteiger partial charge is 0.361 e. The van der Waals surface area contributed by atoms with Crippen molar-refractivity contribution < 1.29 is 22.5 Å². The van der Waals surface area contributed by atoms with Crippen molar-refractivity contribution in [1.29, 1.82) is 0 Å². The van der Waals surface area contributed by atoms with Crippen molar-refractivity contribution in [2.75, 3.05) is 5.32 Å². The summed E-state index contributed by atoms with van der Waals surface area (Å²) in [5, 5.41) is 8.79. The number of rotatable bonds is 5. The van der Waals surface area contributed by atoms with Crippen molar-refractivity contribution in [3.8, 4) is 0 Å². The Labute approximate surface area is 191 Å². The topological polar surface area (TPSA) is 131 Å². The third-order valence-corrected chi connectivity index (χ3v) is 7.21. The molecule has 0 aliphatic heterocycles. The number of urea groups is 1. The van der Waals surface area contributed by atoms with Crippen LogP contribution in [0.4, 0.5) is 9.93 Å². The molecule has 0 aliphatic carbocycles. The van der Waals surface area contributed by atoms with Gasteiger partial charge in [-0.3, -0.25) is 15.4 Å². The van der Waals surface area contributed by atoms with Crippen LogP contribution in [0.25, 0.3) is 10.2 Å². The average Bonchev–Trinajstić information content (AvgIpc) is 3.31. The van der Waals surface area contributed by atoms with Crippen LogP contribution in [0.3, 0.4) is 0 Å². The molecule has 2 aromatic heterocycles. The molecule has 0 fully saturated rings. The van der Waals surface area contributed by atoms with Crippen LogP contribution in [-0.2, 0) is 15.6 Å². The monoisotopic (exact) mass is 490 g/mol. The van der Waals surface area contributed by atoms with Crippen molar-refractivity contribution in [2.24, 2.45) is 0 Å². The molecule has 0 bridgehead atoms. The van der Waals surface area contributed by atoms with Gasteiger partial charge in [0.05, 0.1) is 31.4 Å². The summed E-state index contributed by atoms with van der Waals surface area (Å²) in [6, 6.07) is 11.6. The number of aromatic nitrogens is 2. The van der Waals surface area contributed by atoms with Crippen LogP contribution < -0.4 is 10.6 Å². The van der Waals surface area contributed by atoms with Gasteiger partial charge in [-0.15, -0.1) is 0 Å².